The third-order valence-corrected chi connectivity index (χ3v) is 5.30. The van der Waals surface area contributed by atoms with Crippen molar-refractivity contribution in [3.63, 3.8) is 0 Å². The van der Waals surface area contributed by atoms with E-state index in [1.807, 2.05) is 17.3 Å². The third-order valence-electron chi connectivity index (χ3n) is 5.30. The van der Waals surface area contributed by atoms with Crippen molar-refractivity contribution in [1.82, 2.24) is 24.6 Å². The average Bonchev–Trinajstić information content (AvgIpc) is 3.24. The van der Waals surface area contributed by atoms with Gasteiger partial charge in [0.05, 0.1) is 19.1 Å². The van der Waals surface area contributed by atoms with E-state index in [1.54, 1.807) is 12.6 Å². The molecule has 6 heteroatoms. The summed E-state index contributed by atoms with van der Waals surface area (Å²) in [5.74, 6) is 0.763. The summed E-state index contributed by atoms with van der Waals surface area (Å²) in [5, 5.41) is 4.25. The smallest absolute Gasteiger partial charge is 0.137 e. The van der Waals surface area contributed by atoms with Crippen molar-refractivity contribution in [3.8, 4) is 0 Å². The molecule has 2 aromatic heterocycles. The maximum atomic E-state index is 5.19. The number of likely N-dealkylation sites (N-methyl/N-ethyl adjacent to an activating group) is 1. The molecule has 2 aliphatic rings. The van der Waals surface area contributed by atoms with Crippen LogP contribution in [0.4, 0.5) is 0 Å². The van der Waals surface area contributed by atoms with Crippen LogP contribution < -0.4 is 0 Å². The van der Waals surface area contributed by atoms with Crippen LogP contribution in [-0.2, 0) is 13.1 Å². The van der Waals surface area contributed by atoms with E-state index in [2.05, 4.69) is 33.0 Å². The summed E-state index contributed by atoms with van der Waals surface area (Å²) in [6, 6.07) is 3.36. The molecule has 2 aliphatic heterocycles. The molecule has 0 amide bonds. The monoisotopic (exact) mass is 301 g/mol. The number of piperidine rings is 1. The molecule has 0 aliphatic carbocycles. The van der Waals surface area contributed by atoms with Crippen molar-refractivity contribution in [1.29, 1.82) is 0 Å². The van der Waals surface area contributed by atoms with Gasteiger partial charge in [0.2, 0.25) is 0 Å². The van der Waals surface area contributed by atoms with Gasteiger partial charge in [-0.2, -0.15) is 5.10 Å². The predicted molar refractivity (Wildman–Crippen MR) is 82.1 cm³/mol. The minimum Gasteiger partial charge on any atom is -0.472 e. The highest BCUT2D eigenvalue weighted by atomic mass is 16.3. The lowest BCUT2D eigenvalue weighted by Crippen LogP contribution is -2.45. The van der Waals surface area contributed by atoms with Crippen LogP contribution in [0.3, 0.4) is 0 Å². The predicted octanol–water partition coefficient (Wildman–Crippen LogP) is 1.47. The summed E-state index contributed by atoms with van der Waals surface area (Å²) >= 11 is 0. The highest BCUT2D eigenvalue weighted by Gasteiger charge is 2.41. The number of hydrogen-bond acceptors (Lipinski definition) is 5. The van der Waals surface area contributed by atoms with Gasteiger partial charge in [0.25, 0.3) is 0 Å². The van der Waals surface area contributed by atoms with Crippen LogP contribution >= 0.6 is 0 Å². The fraction of sp³-hybridized carbons (Fsp3) is 0.625. The summed E-state index contributed by atoms with van der Waals surface area (Å²) in [4.78, 5) is 9.19. The maximum Gasteiger partial charge on any atom is 0.137 e. The van der Waals surface area contributed by atoms with E-state index in [0.29, 0.717) is 12.1 Å². The van der Waals surface area contributed by atoms with Crippen LogP contribution in [0.1, 0.15) is 18.4 Å². The molecular formula is C16H23N5O. The summed E-state index contributed by atoms with van der Waals surface area (Å²) in [6.07, 6.45) is 9.57. The van der Waals surface area contributed by atoms with Gasteiger partial charge < -0.3 is 4.42 Å². The normalized spacial score (nSPS) is 29.8. The highest BCUT2D eigenvalue weighted by molar-refractivity contribution is 5.06. The lowest BCUT2D eigenvalue weighted by molar-refractivity contribution is 0.109. The second kappa shape index (κ2) is 5.85. The third kappa shape index (κ3) is 2.68. The minimum atomic E-state index is 0.575. The van der Waals surface area contributed by atoms with Gasteiger partial charge in [-0.25, -0.2) is 4.98 Å². The molecule has 118 valence electrons. The van der Waals surface area contributed by atoms with Crippen molar-refractivity contribution in [2.75, 3.05) is 20.1 Å². The molecule has 3 atom stereocenters. The first-order valence-corrected chi connectivity index (χ1v) is 8.07. The summed E-state index contributed by atoms with van der Waals surface area (Å²) in [5.41, 5.74) is 1.28. The molecule has 0 bridgehead atoms. The fourth-order valence-electron chi connectivity index (χ4n) is 4.18. The molecule has 0 saturated carbocycles. The average molecular weight is 301 g/mol. The number of likely N-dealkylation sites (tertiary alicyclic amines) is 2. The first kappa shape index (κ1) is 14.0. The number of rotatable bonds is 4. The van der Waals surface area contributed by atoms with Crippen LogP contribution in [0.15, 0.2) is 35.7 Å². The van der Waals surface area contributed by atoms with Crippen molar-refractivity contribution >= 4 is 0 Å². The SMILES string of the molecule is CN1[C@H](Cn2cncn2)C[C@@H]2CN(Cc3ccoc3)CC[C@@H]21. The van der Waals surface area contributed by atoms with Gasteiger partial charge in [0.15, 0.2) is 0 Å². The topological polar surface area (TPSA) is 50.3 Å². The maximum absolute atomic E-state index is 5.19. The van der Waals surface area contributed by atoms with E-state index in [-0.39, 0.29) is 0 Å². The van der Waals surface area contributed by atoms with E-state index >= 15 is 0 Å². The fourth-order valence-corrected chi connectivity index (χ4v) is 4.18. The number of furan rings is 1. The van der Waals surface area contributed by atoms with Crippen LogP contribution in [0, 0.1) is 5.92 Å². The van der Waals surface area contributed by atoms with E-state index in [0.717, 1.165) is 19.0 Å². The molecule has 0 N–H and O–H groups in total. The second-order valence-electron chi connectivity index (χ2n) is 6.66. The quantitative estimate of drug-likeness (QED) is 0.856. The van der Waals surface area contributed by atoms with Gasteiger partial charge in [-0.05, 0) is 38.4 Å². The Kier molecular flexibility index (Phi) is 3.72. The number of aromatic nitrogens is 3. The van der Waals surface area contributed by atoms with Gasteiger partial charge >= 0.3 is 0 Å². The standard InChI is InChI=1S/C16H23N5O/c1-19-15(9-21-12-17-11-18-21)6-14-8-20(4-2-16(14)19)7-13-3-5-22-10-13/h3,5,10-12,14-16H,2,4,6-9H2,1H3/t14-,15+,16+/m1/s1. The Morgan fingerprint density at radius 1 is 1.41 bits per heavy atom. The zero-order valence-corrected chi connectivity index (χ0v) is 13.0. The summed E-state index contributed by atoms with van der Waals surface area (Å²) in [7, 11) is 2.28. The van der Waals surface area contributed by atoms with Gasteiger partial charge in [-0.15, -0.1) is 0 Å². The Bertz CT molecular complexity index is 580. The number of fused-ring (bicyclic) bond motifs is 1. The molecule has 0 spiro atoms. The molecule has 2 aromatic rings. The summed E-state index contributed by atoms with van der Waals surface area (Å²) in [6.45, 7) is 4.32. The molecule has 0 aromatic carbocycles. The largest absolute Gasteiger partial charge is 0.472 e. The highest BCUT2D eigenvalue weighted by Crippen LogP contribution is 2.35. The first-order valence-electron chi connectivity index (χ1n) is 8.07. The lowest BCUT2D eigenvalue weighted by Gasteiger charge is -2.37. The molecule has 22 heavy (non-hydrogen) atoms. The van der Waals surface area contributed by atoms with Crippen molar-refractivity contribution in [2.24, 2.45) is 5.92 Å². The van der Waals surface area contributed by atoms with Crippen LogP contribution in [0.2, 0.25) is 0 Å². The zero-order chi connectivity index (χ0) is 14.9. The summed E-state index contributed by atoms with van der Waals surface area (Å²) < 4.78 is 7.15. The number of nitrogens with zero attached hydrogens (tertiary/aromatic N) is 5. The van der Waals surface area contributed by atoms with Crippen molar-refractivity contribution in [3.05, 3.63) is 36.8 Å². The van der Waals surface area contributed by atoms with E-state index in [9.17, 15) is 0 Å². The van der Waals surface area contributed by atoms with Crippen LogP contribution in [0.25, 0.3) is 0 Å². The van der Waals surface area contributed by atoms with E-state index < -0.39 is 0 Å². The van der Waals surface area contributed by atoms with Gasteiger partial charge in [-0.1, -0.05) is 0 Å². The molecule has 0 unspecified atom stereocenters. The Hall–Kier alpha value is -1.66. The molecule has 2 fully saturated rings. The molecule has 0 radical (unpaired) electrons. The molecular weight excluding hydrogens is 278 g/mol. The minimum absolute atomic E-state index is 0.575. The Balaban J connectivity index is 1.38. The molecule has 6 nitrogen and oxygen atoms in total. The molecule has 2 saturated heterocycles. The van der Waals surface area contributed by atoms with Crippen molar-refractivity contribution < 1.29 is 4.42 Å². The first-order chi connectivity index (χ1) is 10.8. The molecule has 4 heterocycles. The Morgan fingerprint density at radius 2 is 2.36 bits per heavy atom. The van der Waals surface area contributed by atoms with E-state index in [1.165, 1.54) is 31.5 Å². The zero-order valence-electron chi connectivity index (χ0n) is 13.0. The van der Waals surface area contributed by atoms with Crippen LogP contribution in [-0.4, -0.2) is 56.8 Å². The van der Waals surface area contributed by atoms with Gasteiger partial charge in [0.1, 0.15) is 12.7 Å². The van der Waals surface area contributed by atoms with Gasteiger partial charge in [0, 0.05) is 30.7 Å². The molecule has 4 rings (SSSR count). The second-order valence-corrected chi connectivity index (χ2v) is 6.66. The Labute approximate surface area is 130 Å². The van der Waals surface area contributed by atoms with Crippen LogP contribution in [0.5, 0.6) is 0 Å². The van der Waals surface area contributed by atoms with Gasteiger partial charge in [-0.3, -0.25) is 14.5 Å². The van der Waals surface area contributed by atoms with Crippen molar-refractivity contribution in [2.45, 2.75) is 38.0 Å². The Morgan fingerprint density at radius 3 is 3.14 bits per heavy atom. The van der Waals surface area contributed by atoms with E-state index in [4.69, 9.17) is 4.42 Å². The lowest BCUT2D eigenvalue weighted by atomic mass is 9.92. The number of hydrogen-bond donors (Lipinski definition) is 0.